The molecule has 0 bridgehead atoms. The van der Waals surface area contributed by atoms with Crippen LogP contribution in [0.2, 0.25) is 0 Å². The maximum Gasteiger partial charge on any atom is 0.251 e. The summed E-state index contributed by atoms with van der Waals surface area (Å²) in [6.07, 6.45) is 3.61. The average molecular weight is 640 g/mol. The summed E-state index contributed by atoms with van der Waals surface area (Å²) in [6, 6.07) is 6.20. The summed E-state index contributed by atoms with van der Waals surface area (Å²) in [4.78, 5) is 30.3. The summed E-state index contributed by atoms with van der Waals surface area (Å²) in [6.45, 7) is 0.441. The van der Waals surface area contributed by atoms with Crippen LogP contribution < -0.4 is 20.5 Å². The number of nitrogens with one attached hydrogen (secondary N) is 1. The number of carbonyl (C=O) groups is 2. The molecule has 2 aliphatic carbocycles. The third kappa shape index (κ3) is 4.49. The van der Waals surface area contributed by atoms with Gasteiger partial charge >= 0.3 is 0 Å². The second-order valence-electron chi connectivity index (χ2n) is 12.4. The summed E-state index contributed by atoms with van der Waals surface area (Å²) in [5.74, 6) is -6.14. The average Bonchev–Trinajstić information content (AvgIpc) is 3.96. The highest BCUT2D eigenvalue weighted by Crippen LogP contribution is 2.55. The molecule has 0 saturated heterocycles. The van der Waals surface area contributed by atoms with Crippen molar-refractivity contribution in [2.24, 2.45) is 5.73 Å². The quantitative estimate of drug-likeness (QED) is 0.185. The molecule has 0 spiro atoms. The van der Waals surface area contributed by atoms with Crippen LogP contribution in [-0.4, -0.2) is 57.6 Å². The highest BCUT2D eigenvalue weighted by Gasteiger charge is 2.62. The van der Waals surface area contributed by atoms with Crippen molar-refractivity contribution in [1.29, 1.82) is 0 Å². The van der Waals surface area contributed by atoms with E-state index in [1.54, 1.807) is 6.07 Å². The van der Waals surface area contributed by atoms with Crippen LogP contribution in [0.1, 0.15) is 60.3 Å². The van der Waals surface area contributed by atoms with Crippen LogP contribution in [-0.2, 0) is 15.8 Å². The first kappa shape index (κ1) is 30.0. The Balaban J connectivity index is 1.30. The van der Waals surface area contributed by atoms with Crippen molar-refractivity contribution in [3.8, 4) is 22.8 Å². The van der Waals surface area contributed by atoms with E-state index in [4.69, 9.17) is 15.2 Å². The monoisotopic (exact) mass is 639 g/mol. The highest BCUT2D eigenvalue weighted by molar-refractivity contribution is 6.00. The molecule has 14 heteroatoms. The largest absolute Gasteiger partial charge is 0.494 e. The second kappa shape index (κ2) is 10.1. The zero-order chi connectivity index (χ0) is 32.8. The number of alkyl halides is 1. The van der Waals surface area contributed by atoms with Crippen molar-refractivity contribution in [2.45, 2.75) is 55.3 Å². The van der Waals surface area contributed by atoms with E-state index in [0.29, 0.717) is 22.7 Å². The van der Waals surface area contributed by atoms with E-state index < -0.39 is 63.8 Å². The first-order chi connectivity index (χ1) is 21.8. The Hall–Kier alpha value is -4.72. The molecule has 1 aliphatic heterocycles. The van der Waals surface area contributed by atoms with Crippen LogP contribution in [0.15, 0.2) is 36.5 Å². The number of ether oxygens (including phenoxy) is 2. The molecule has 4 N–H and O–H groups in total. The van der Waals surface area contributed by atoms with E-state index in [0.717, 1.165) is 18.9 Å². The number of hydrogen-bond donors (Lipinski definition) is 3. The molecule has 0 radical (unpaired) electrons. The molecular formula is C32H29F4N5O5. The SMILES string of the molecule is COc1cc(C(=O)NCC(O)(c2cc3c(c(-c4ccc(F)c(F)c4F)n2)OC[C@]3(C)C(N)=O)C2(F)CC2)cc2cn(C3CC3)nc12. The van der Waals surface area contributed by atoms with Gasteiger partial charge < -0.3 is 25.6 Å². The third-order valence-corrected chi connectivity index (χ3v) is 9.26. The Morgan fingerprint density at radius 1 is 1.20 bits per heavy atom. The third-order valence-electron chi connectivity index (χ3n) is 9.26. The molecule has 3 aliphatic rings. The normalized spacial score (nSPS) is 20.9. The number of nitrogens with two attached hydrogens (primary N) is 1. The Labute approximate surface area is 259 Å². The number of carbonyl (C=O) groups excluding carboxylic acids is 2. The van der Waals surface area contributed by atoms with Crippen LogP contribution >= 0.6 is 0 Å². The number of fused-ring (bicyclic) bond motifs is 2. The van der Waals surface area contributed by atoms with Gasteiger partial charge in [0.05, 0.1) is 25.4 Å². The maximum atomic E-state index is 16.2. The van der Waals surface area contributed by atoms with Crippen molar-refractivity contribution >= 4 is 22.7 Å². The lowest BCUT2D eigenvalue weighted by Crippen LogP contribution is -2.49. The molecule has 2 aromatic heterocycles. The number of pyridine rings is 1. The molecule has 240 valence electrons. The van der Waals surface area contributed by atoms with E-state index in [1.165, 1.54) is 26.2 Å². The summed E-state index contributed by atoms with van der Waals surface area (Å²) >= 11 is 0. The van der Waals surface area contributed by atoms with Crippen LogP contribution in [0.3, 0.4) is 0 Å². The molecule has 2 aromatic carbocycles. The van der Waals surface area contributed by atoms with Gasteiger partial charge in [0.2, 0.25) is 5.91 Å². The van der Waals surface area contributed by atoms with E-state index in [9.17, 15) is 23.5 Å². The molecule has 2 atom stereocenters. The van der Waals surface area contributed by atoms with E-state index in [1.807, 2.05) is 10.9 Å². The summed E-state index contributed by atoms with van der Waals surface area (Å²) in [7, 11) is 1.45. The van der Waals surface area contributed by atoms with Gasteiger partial charge in [0, 0.05) is 28.3 Å². The summed E-state index contributed by atoms with van der Waals surface area (Å²) < 4.78 is 72.4. The number of rotatable bonds is 9. The number of amides is 2. The van der Waals surface area contributed by atoms with E-state index >= 15 is 8.78 Å². The molecule has 46 heavy (non-hydrogen) atoms. The van der Waals surface area contributed by atoms with Gasteiger partial charge in [-0.15, -0.1) is 0 Å². The highest BCUT2D eigenvalue weighted by atomic mass is 19.2. The Kier molecular flexibility index (Phi) is 6.61. The minimum absolute atomic E-state index is 0.0426. The second-order valence-corrected chi connectivity index (χ2v) is 12.4. The van der Waals surface area contributed by atoms with Crippen LogP contribution in [0, 0.1) is 17.5 Å². The van der Waals surface area contributed by atoms with Crippen molar-refractivity contribution in [3.05, 3.63) is 70.8 Å². The fraction of sp³-hybridized carbons (Fsp3) is 0.375. The number of aromatic nitrogens is 3. The molecule has 2 amide bonds. The molecule has 10 nitrogen and oxygen atoms in total. The van der Waals surface area contributed by atoms with Crippen LogP contribution in [0.4, 0.5) is 17.6 Å². The zero-order valence-corrected chi connectivity index (χ0v) is 24.8. The fourth-order valence-corrected chi connectivity index (χ4v) is 5.94. The number of aliphatic hydroxyl groups is 1. The maximum absolute atomic E-state index is 16.2. The van der Waals surface area contributed by atoms with E-state index in [-0.39, 0.29) is 48.1 Å². The predicted molar refractivity (Wildman–Crippen MR) is 155 cm³/mol. The zero-order valence-electron chi connectivity index (χ0n) is 24.8. The Bertz CT molecular complexity index is 1960. The van der Waals surface area contributed by atoms with Crippen molar-refractivity contribution < 1.29 is 41.7 Å². The standard InChI is InChI=1S/C32H29F4N5O5/c1-30(29(37)43)14-46-27-19(30)11-22(39-26(27)18-5-6-20(33)24(35)23(18)34)32(44,31(36)7-8-31)13-38-28(42)15-9-16-12-41(17-3-4-17)40-25(16)21(10-15)45-2/h5-6,9-12,17,44H,3-4,7-8,13-14H2,1-2H3,(H2,37,43)(H,38,42)/t30-,32?/m0/s1. The van der Waals surface area contributed by atoms with Gasteiger partial charge in [-0.2, -0.15) is 5.10 Å². The summed E-state index contributed by atoms with van der Waals surface area (Å²) in [5, 5.41) is 19.8. The van der Waals surface area contributed by atoms with Gasteiger partial charge in [-0.05, 0) is 62.9 Å². The molecule has 1 unspecified atom stereocenters. The molecule has 2 saturated carbocycles. The van der Waals surface area contributed by atoms with Gasteiger partial charge in [-0.3, -0.25) is 14.3 Å². The predicted octanol–water partition coefficient (Wildman–Crippen LogP) is 4.11. The first-order valence-electron chi connectivity index (χ1n) is 14.7. The van der Waals surface area contributed by atoms with Gasteiger partial charge in [-0.1, -0.05) is 0 Å². The topological polar surface area (TPSA) is 142 Å². The van der Waals surface area contributed by atoms with Crippen LogP contribution in [0.25, 0.3) is 22.2 Å². The lowest BCUT2D eigenvalue weighted by Gasteiger charge is -2.33. The smallest absolute Gasteiger partial charge is 0.251 e. The van der Waals surface area contributed by atoms with Gasteiger partial charge in [0.15, 0.2) is 23.1 Å². The number of benzene rings is 2. The lowest BCUT2D eigenvalue weighted by atomic mass is 9.80. The Morgan fingerprint density at radius 3 is 2.59 bits per heavy atom. The number of nitrogens with zero attached hydrogens (tertiary/aromatic N) is 3. The first-order valence-corrected chi connectivity index (χ1v) is 14.7. The lowest BCUT2D eigenvalue weighted by molar-refractivity contribution is -0.123. The molecule has 2 fully saturated rings. The molecular weight excluding hydrogens is 610 g/mol. The van der Waals surface area contributed by atoms with Gasteiger partial charge in [-0.25, -0.2) is 22.5 Å². The van der Waals surface area contributed by atoms with Crippen molar-refractivity contribution in [2.75, 3.05) is 20.3 Å². The van der Waals surface area contributed by atoms with Crippen LogP contribution in [0.5, 0.6) is 11.5 Å². The minimum atomic E-state index is -2.51. The number of hydrogen-bond acceptors (Lipinski definition) is 7. The number of methoxy groups -OCH3 is 1. The fourth-order valence-electron chi connectivity index (χ4n) is 5.94. The summed E-state index contributed by atoms with van der Waals surface area (Å²) in [5.41, 5.74) is -1.18. The molecule has 3 heterocycles. The number of primary amides is 1. The van der Waals surface area contributed by atoms with Crippen molar-refractivity contribution in [1.82, 2.24) is 20.1 Å². The molecule has 7 rings (SSSR count). The van der Waals surface area contributed by atoms with Crippen molar-refractivity contribution in [3.63, 3.8) is 0 Å². The minimum Gasteiger partial charge on any atom is -0.494 e. The van der Waals surface area contributed by atoms with Gasteiger partial charge in [0.1, 0.15) is 40.4 Å². The Morgan fingerprint density at radius 2 is 1.93 bits per heavy atom. The van der Waals surface area contributed by atoms with Gasteiger partial charge in [0.25, 0.3) is 5.91 Å². The molecule has 4 aromatic rings. The number of halogens is 4. The van der Waals surface area contributed by atoms with E-state index in [2.05, 4.69) is 15.4 Å².